The van der Waals surface area contributed by atoms with E-state index in [9.17, 15) is 39.8 Å². The van der Waals surface area contributed by atoms with Gasteiger partial charge in [-0.05, 0) is 70.6 Å². The lowest BCUT2D eigenvalue weighted by Gasteiger charge is -2.41. The molecule has 1 aliphatic rings. The van der Waals surface area contributed by atoms with Crippen molar-refractivity contribution in [3.63, 3.8) is 0 Å². The van der Waals surface area contributed by atoms with Crippen molar-refractivity contribution in [1.82, 2.24) is 0 Å². The Morgan fingerprint density at radius 1 is 0.533 bits per heavy atom. The van der Waals surface area contributed by atoms with Crippen LogP contribution < -0.4 is 0 Å². The zero-order valence-corrected chi connectivity index (χ0v) is 38.1. The molecule has 6 N–H and O–H groups in total. The number of unbranched alkanes of at least 4 members (excludes halogenated alkanes) is 19. The SMILES string of the molecule is CCCC/C=C\C/C=C\CCCCCCCCOCC(COP(=O)(O)OC1C(O)C(O)C(O)C(O)C1O)OC(=O)CCCCCCCCC/C=C\C/C=C\CCCCCC. The van der Waals surface area contributed by atoms with Gasteiger partial charge in [0.25, 0.3) is 0 Å². The standard InChI is InChI=1S/C47H85O12P/c1-3-5-7-9-11-13-15-17-19-20-21-22-24-26-28-30-32-34-36-41(48)58-40(39-57-60(54,55)59-47-45(52)43(50)42(49)44(51)46(47)53)38-56-37-35-33-31-29-27-25-23-18-16-14-12-10-8-6-4-2/h10,12-13,15-16,18-20,40,42-47,49-53H,3-9,11,14,17,21-39H2,1-2H3,(H,54,55)/b12-10-,15-13-,18-16-,20-19-. The van der Waals surface area contributed by atoms with Crippen molar-refractivity contribution in [1.29, 1.82) is 0 Å². The molecule has 0 aromatic rings. The molecule has 1 saturated carbocycles. The van der Waals surface area contributed by atoms with E-state index in [2.05, 4.69) is 62.5 Å². The van der Waals surface area contributed by atoms with E-state index in [1.54, 1.807) is 0 Å². The Hall–Kier alpha value is -1.70. The maximum absolute atomic E-state index is 12.8. The van der Waals surface area contributed by atoms with E-state index in [0.717, 1.165) is 89.9 Å². The topological polar surface area (TPSA) is 192 Å². The van der Waals surface area contributed by atoms with Gasteiger partial charge in [0, 0.05) is 13.0 Å². The number of phosphoric ester groups is 1. The zero-order valence-electron chi connectivity index (χ0n) is 37.2. The Labute approximate surface area is 363 Å². The number of carbonyl (C=O) groups excluding carboxylic acids is 1. The van der Waals surface area contributed by atoms with Crippen LogP contribution in [0.25, 0.3) is 0 Å². The lowest BCUT2D eigenvalue weighted by Crippen LogP contribution is -2.64. The second-order valence-electron chi connectivity index (χ2n) is 16.2. The van der Waals surface area contributed by atoms with Gasteiger partial charge in [-0.1, -0.05) is 152 Å². The summed E-state index contributed by atoms with van der Waals surface area (Å²) < 4.78 is 34.2. The number of phosphoric acid groups is 1. The van der Waals surface area contributed by atoms with Crippen LogP contribution in [0.4, 0.5) is 0 Å². The number of hydrogen-bond acceptors (Lipinski definition) is 11. The molecule has 0 amide bonds. The number of ether oxygens (including phenoxy) is 2. The van der Waals surface area contributed by atoms with Crippen LogP contribution in [0, 0.1) is 0 Å². The Kier molecular flexibility index (Phi) is 35.5. The van der Waals surface area contributed by atoms with Gasteiger partial charge in [0.2, 0.25) is 0 Å². The molecular formula is C47H85O12P. The van der Waals surface area contributed by atoms with Crippen LogP contribution in [-0.4, -0.2) is 98.9 Å². The third-order valence-corrected chi connectivity index (χ3v) is 11.7. The fraction of sp³-hybridized carbons (Fsp3) is 0.809. The molecule has 1 rings (SSSR count). The molecule has 0 aromatic carbocycles. The Bertz CT molecular complexity index is 1180. The second-order valence-corrected chi connectivity index (χ2v) is 17.7. The van der Waals surface area contributed by atoms with Gasteiger partial charge in [-0.15, -0.1) is 0 Å². The molecule has 1 fully saturated rings. The molecule has 12 nitrogen and oxygen atoms in total. The highest BCUT2D eigenvalue weighted by molar-refractivity contribution is 7.47. The summed E-state index contributed by atoms with van der Waals surface area (Å²) >= 11 is 0. The van der Waals surface area contributed by atoms with E-state index in [1.165, 1.54) is 64.2 Å². The molecule has 350 valence electrons. The lowest BCUT2D eigenvalue weighted by atomic mass is 9.85. The van der Waals surface area contributed by atoms with Crippen LogP contribution in [0.1, 0.15) is 181 Å². The van der Waals surface area contributed by atoms with E-state index in [0.29, 0.717) is 13.0 Å². The maximum Gasteiger partial charge on any atom is 0.472 e. The van der Waals surface area contributed by atoms with Crippen molar-refractivity contribution in [2.24, 2.45) is 0 Å². The van der Waals surface area contributed by atoms with E-state index >= 15 is 0 Å². The van der Waals surface area contributed by atoms with Crippen molar-refractivity contribution in [3.8, 4) is 0 Å². The summed E-state index contributed by atoms with van der Waals surface area (Å²) in [6.07, 6.45) is 33.1. The Balaban J connectivity index is 2.40. The number of esters is 1. The molecule has 0 spiro atoms. The van der Waals surface area contributed by atoms with Crippen LogP contribution >= 0.6 is 7.82 Å². The van der Waals surface area contributed by atoms with Gasteiger partial charge >= 0.3 is 13.8 Å². The minimum atomic E-state index is -5.02. The van der Waals surface area contributed by atoms with E-state index in [4.69, 9.17) is 18.5 Å². The maximum atomic E-state index is 12.8. The molecule has 0 aromatic heterocycles. The number of allylic oxidation sites excluding steroid dienone is 8. The minimum Gasteiger partial charge on any atom is -0.457 e. The molecule has 0 heterocycles. The second kappa shape index (κ2) is 37.8. The van der Waals surface area contributed by atoms with Crippen molar-refractivity contribution >= 4 is 13.8 Å². The number of carbonyl (C=O) groups is 1. The summed E-state index contributed by atoms with van der Waals surface area (Å²) in [5.41, 5.74) is 0. The van der Waals surface area contributed by atoms with Gasteiger partial charge in [0.1, 0.15) is 42.7 Å². The van der Waals surface area contributed by atoms with Gasteiger partial charge in [-0.25, -0.2) is 4.57 Å². The monoisotopic (exact) mass is 873 g/mol. The average Bonchev–Trinajstić information content (AvgIpc) is 3.23. The smallest absolute Gasteiger partial charge is 0.457 e. The highest BCUT2D eigenvalue weighted by atomic mass is 31.2. The summed E-state index contributed by atoms with van der Waals surface area (Å²) in [6.45, 7) is 4.17. The number of hydrogen-bond donors (Lipinski definition) is 6. The van der Waals surface area contributed by atoms with Gasteiger partial charge in [-0.2, -0.15) is 0 Å². The summed E-state index contributed by atoms with van der Waals surface area (Å²) in [4.78, 5) is 23.2. The molecule has 0 aliphatic heterocycles. The predicted molar refractivity (Wildman–Crippen MR) is 239 cm³/mol. The third kappa shape index (κ3) is 29.6. The van der Waals surface area contributed by atoms with Crippen molar-refractivity contribution in [2.75, 3.05) is 19.8 Å². The lowest BCUT2D eigenvalue weighted by molar-refractivity contribution is -0.220. The molecule has 6 unspecified atom stereocenters. The van der Waals surface area contributed by atoms with Gasteiger partial charge < -0.3 is 39.9 Å². The van der Waals surface area contributed by atoms with E-state index in [1.807, 2.05) is 0 Å². The normalized spacial score (nSPS) is 22.7. The van der Waals surface area contributed by atoms with E-state index < -0.39 is 63.1 Å². The van der Waals surface area contributed by atoms with Crippen LogP contribution in [0.3, 0.4) is 0 Å². The average molecular weight is 873 g/mol. The first-order valence-corrected chi connectivity index (χ1v) is 25.0. The number of aliphatic hydroxyl groups excluding tert-OH is 5. The predicted octanol–water partition coefficient (Wildman–Crippen LogP) is 9.64. The fourth-order valence-corrected chi connectivity index (χ4v) is 7.84. The number of aliphatic hydroxyl groups is 5. The molecule has 6 atom stereocenters. The Morgan fingerprint density at radius 2 is 0.950 bits per heavy atom. The number of rotatable bonds is 39. The fourth-order valence-electron chi connectivity index (χ4n) is 6.87. The summed E-state index contributed by atoms with van der Waals surface area (Å²) in [5.74, 6) is -0.490. The molecule has 13 heteroatoms. The van der Waals surface area contributed by atoms with Crippen molar-refractivity contribution < 1.29 is 58.3 Å². The molecule has 0 saturated heterocycles. The van der Waals surface area contributed by atoms with Crippen LogP contribution in [0.2, 0.25) is 0 Å². The highest BCUT2D eigenvalue weighted by Gasteiger charge is 2.51. The Morgan fingerprint density at radius 3 is 1.45 bits per heavy atom. The van der Waals surface area contributed by atoms with Crippen LogP contribution in [0.15, 0.2) is 48.6 Å². The molecular weight excluding hydrogens is 787 g/mol. The molecule has 60 heavy (non-hydrogen) atoms. The van der Waals surface area contributed by atoms with Crippen LogP contribution in [-0.2, 0) is 27.9 Å². The minimum absolute atomic E-state index is 0.0881. The van der Waals surface area contributed by atoms with Gasteiger partial charge in [0.15, 0.2) is 0 Å². The summed E-state index contributed by atoms with van der Waals surface area (Å²) in [5, 5.41) is 50.2. The largest absolute Gasteiger partial charge is 0.472 e. The zero-order chi connectivity index (χ0) is 44.1. The highest BCUT2D eigenvalue weighted by Crippen LogP contribution is 2.47. The first kappa shape index (κ1) is 56.3. The van der Waals surface area contributed by atoms with Crippen molar-refractivity contribution in [3.05, 3.63) is 48.6 Å². The third-order valence-electron chi connectivity index (χ3n) is 10.7. The molecule has 1 aliphatic carbocycles. The first-order chi connectivity index (χ1) is 29.0. The van der Waals surface area contributed by atoms with E-state index in [-0.39, 0.29) is 13.0 Å². The quantitative estimate of drug-likeness (QED) is 0.0149. The molecule has 0 bridgehead atoms. The first-order valence-electron chi connectivity index (χ1n) is 23.5. The molecule has 0 radical (unpaired) electrons. The van der Waals surface area contributed by atoms with Crippen LogP contribution in [0.5, 0.6) is 0 Å². The van der Waals surface area contributed by atoms with Gasteiger partial charge in [-0.3, -0.25) is 13.8 Å². The summed E-state index contributed by atoms with van der Waals surface area (Å²) in [7, 11) is -5.02. The summed E-state index contributed by atoms with van der Waals surface area (Å²) in [6, 6.07) is 0. The van der Waals surface area contributed by atoms with Crippen molar-refractivity contribution in [2.45, 2.75) is 224 Å². The van der Waals surface area contributed by atoms with Gasteiger partial charge in [0.05, 0.1) is 13.2 Å².